The van der Waals surface area contributed by atoms with E-state index in [9.17, 15) is 14.0 Å². The molecule has 0 aliphatic heterocycles. The summed E-state index contributed by atoms with van der Waals surface area (Å²) in [4.78, 5) is 24.7. The standard InChI is InChI=1S/C20H20FNO3/c21-16-8-10-17(11-9-16)22-18(23)14-25-19(24)20(12-4-5-13-20)15-6-2-1-3-7-15/h1-3,6-11H,4-5,12-14H2,(H,22,23). The van der Waals surface area contributed by atoms with Crippen molar-refractivity contribution in [1.29, 1.82) is 0 Å². The molecule has 130 valence electrons. The molecule has 0 spiro atoms. The summed E-state index contributed by atoms with van der Waals surface area (Å²) in [6, 6.07) is 15.0. The molecule has 5 heteroatoms. The molecular weight excluding hydrogens is 321 g/mol. The predicted octanol–water partition coefficient (Wildman–Crippen LogP) is 3.82. The van der Waals surface area contributed by atoms with E-state index in [1.807, 2.05) is 30.3 Å². The maximum atomic E-state index is 12.9. The van der Waals surface area contributed by atoms with Gasteiger partial charge < -0.3 is 10.1 Å². The molecule has 1 fully saturated rings. The Hall–Kier alpha value is -2.69. The Morgan fingerprint density at radius 2 is 1.64 bits per heavy atom. The van der Waals surface area contributed by atoms with Crippen molar-refractivity contribution in [3.8, 4) is 0 Å². The van der Waals surface area contributed by atoms with Gasteiger partial charge in [0.05, 0.1) is 5.41 Å². The fourth-order valence-corrected chi connectivity index (χ4v) is 3.35. The minimum absolute atomic E-state index is 0.356. The highest BCUT2D eigenvalue weighted by atomic mass is 19.1. The van der Waals surface area contributed by atoms with Gasteiger partial charge in [-0.25, -0.2) is 4.39 Å². The van der Waals surface area contributed by atoms with Crippen molar-refractivity contribution in [2.45, 2.75) is 31.1 Å². The fraction of sp³-hybridized carbons (Fsp3) is 0.300. The number of carbonyl (C=O) groups excluding carboxylic acids is 2. The van der Waals surface area contributed by atoms with Crippen LogP contribution in [0.3, 0.4) is 0 Å². The van der Waals surface area contributed by atoms with Gasteiger partial charge in [-0.05, 0) is 42.7 Å². The van der Waals surface area contributed by atoms with Crippen LogP contribution in [0.1, 0.15) is 31.2 Å². The summed E-state index contributed by atoms with van der Waals surface area (Å²) in [7, 11) is 0. The first-order chi connectivity index (χ1) is 12.1. The van der Waals surface area contributed by atoms with Crippen molar-refractivity contribution < 1.29 is 18.7 Å². The van der Waals surface area contributed by atoms with Gasteiger partial charge in [0.25, 0.3) is 5.91 Å². The molecule has 2 aromatic carbocycles. The third kappa shape index (κ3) is 3.87. The number of hydrogen-bond donors (Lipinski definition) is 1. The number of anilines is 1. The van der Waals surface area contributed by atoms with Crippen LogP contribution in [-0.4, -0.2) is 18.5 Å². The van der Waals surface area contributed by atoms with E-state index in [1.165, 1.54) is 24.3 Å². The van der Waals surface area contributed by atoms with Crippen molar-refractivity contribution in [3.63, 3.8) is 0 Å². The molecule has 2 aromatic rings. The van der Waals surface area contributed by atoms with E-state index in [2.05, 4.69) is 5.32 Å². The lowest BCUT2D eigenvalue weighted by atomic mass is 9.79. The van der Waals surface area contributed by atoms with Gasteiger partial charge in [0.1, 0.15) is 5.82 Å². The normalized spacial score (nSPS) is 15.6. The zero-order valence-electron chi connectivity index (χ0n) is 13.8. The Balaban J connectivity index is 1.62. The summed E-state index contributed by atoms with van der Waals surface area (Å²) in [5.74, 6) is -1.18. The molecule has 0 atom stereocenters. The molecule has 1 aliphatic rings. The van der Waals surface area contributed by atoms with E-state index in [4.69, 9.17) is 4.74 Å². The zero-order valence-corrected chi connectivity index (χ0v) is 13.8. The summed E-state index contributed by atoms with van der Waals surface area (Å²) in [5.41, 5.74) is 0.745. The number of ether oxygens (including phenoxy) is 1. The molecule has 0 radical (unpaired) electrons. The summed E-state index contributed by atoms with van der Waals surface area (Å²) in [5, 5.41) is 2.58. The van der Waals surface area contributed by atoms with Crippen LogP contribution >= 0.6 is 0 Å². The molecule has 25 heavy (non-hydrogen) atoms. The van der Waals surface area contributed by atoms with Gasteiger partial charge >= 0.3 is 5.97 Å². The molecule has 0 bridgehead atoms. The quantitative estimate of drug-likeness (QED) is 0.841. The summed E-state index contributed by atoms with van der Waals surface area (Å²) in [6.07, 6.45) is 3.39. The van der Waals surface area contributed by atoms with E-state index in [0.29, 0.717) is 5.69 Å². The average molecular weight is 341 g/mol. The minimum atomic E-state index is -0.655. The predicted molar refractivity (Wildman–Crippen MR) is 92.6 cm³/mol. The van der Waals surface area contributed by atoms with Crippen LogP contribution in [0.25, 0.3) is 0 Å². The average Bonchev–Trinajstić information content (AvgIpc) is 3.13. The van der Waals surface area contributed by atoms with Crippen LogP contribution in [0.2, 0.25) is 0 Å². The number of carbonyl (C=O) groups is 2. The topological polar surface area (TPSA) is 55.4 Å². The Morgan fingerprint density at radius 3 is 2.28 bits per heavy atom. The first-order valence-corrected chi connectivity index (χ1v) is 8.38. The lowest BCUT2D eigenvalue weighted by molar-refractivity contribution is -0.153. The molecule has 0 unspecified atom stereocenters. The maximum Gasteiger partial charge on any atom is 0.317 e. The van der Waals surface area contributed by atoms with Crippen LogP contribution in [0, 0.1) is 5.82 Å². The highest BCUT2D eigenvalue weighted by Gasteiger charge is 2.44. The maximum absolute atomic E-state index is 12.9. The number of amides is 1. The van der Waals surface area contributed by atoms with Crippen LogP contribution in [0.4, 0.5) is 10.1 Å². The van der Waals surface area contributed by atoms with Crippen LogP contribution in [0.15, 0.2) is 54.6 Å². The number of halogens is 1. The van der Waals surface area contributed by atoms with Gasteiger partial charge in [-0.2, -0.15) is 0 Å². The number of rotatable bonds is 5. The van der Waals surface area contributed by atoms with Gasteiger partial charge in [-0.1, -0.05) is 43.2 Å². The third-order valence-electron chi connectivity index (χ3n) is 4.64. The van der Waals surface area contributed by atoms with Gasteiger partial charge in [-0.3, -0.25) is 9.59 Å². The van der Waals surface area contributed by atoms with Gasteiger partial charge in [0, 0.05) is 5.69 Å². The number of nitrogens with one attached hydrogen (secondary N) is 1. The minimum Gasteiger partial charge on any atom is -0.455 e. The van der Waals surface area contributed by atoms with E-state index < -0.39 is 11.3 Å². The lowest BCUT2D eigenvalue weighted by Gasteiger charge is -2.27. The van der Waals surface area contributed by atoms with E-state index in [-0.39, 0.29) is 18.4 Å². The van der Waals surface area contributed by atoms with Crippen LogP contribution in [-0.2, 0) is 19.7 Å². The highest BCUT2D eigenvalue weighted by Crippen LogP contribution is 2.42. The second-order valence-electron chi connectivity index (χ2n) is 6.29. The van der Waals surface area contributed by atoms with Gasteiger partial charge in [-0.15, -0.1) is 0 Å². The first-order valence-electron chi connectivity index (χ1n) is 8.38. The molecular formula is C20H20FNO3. The van der Waals surface area contributed by atoms with Gasteiger partial charge in [0.15, 0.2) is 6.61 Å². The lowest BCUT2D eigenvalue weighted by Crippen LogP contribution is -2.36. The Bertz CT molecular complexity index is 737. The second-order valence-corrected chi connectivity index (χ2v) is 6.29. The summed E-state index contributed by atoms with van der Waals surface area (Å²) in [6.45, 7) is -0.356. The molecule has 0 saturated heterocycles. The molecule has 0 aromatic heterocycles. The molecule has 0 heterocycles. The third-order valence-corrected chi connectivity index (χ3v) is 4.64. The molecule has 1 saturated carbocycles. The number of hydrogen-bond acceptors (Lipinski definition) is 3. The van der Waals surface area contributed by atoms with Crippen LogP contribution in [0.5, 0.6) is 0 Å². The van der Waals surface area contributed by atoms with Gasteiger partial charge in [0.2, 0.25) is 0 Å². The van der Waals surface area contributed by atoms with Crippen molar-refractivity contribution in [1.82, 2.24) is 0 Å². The largest absolute Gasteiger partial charge is 0.455 e. The SMILES string of the molecule is O=C(COC(=O)C1(c2ccccc2)CCCC1)Nc1ccc(F)cc1. The smallest absolute Gasteiger partial charge is 0.317 e. The molecule has 4 nitrogen and oxygen atoms in total. The molecule has 1 N–H and O–H groups in total. The Morgan fingerprint density at radius 1 is 1.00 bits per heavy atom. The Labute approximate surface area is 146 Å². The first kappa shape index (κ1) is 17.1. The number of benzene rings is 2. The zero-order chi connectivity index (χ0) is 17.7. The Kier molecular flexibility index (Phi) is 5.12. The van der Waals surface area contributed by atoms with Crippen molar-refractivity contribution in [3.05, 3.63) is 66.0 Å². The molecule has 1 aliphatic carbocycles. The summed E-state index contributed by atoms with van der Waals surface area (Å²) < 4.78 is 18.2. The second kappa shape index (κ2) is 7.47. The fourth-order valence-electron chi connectivity index (χ4n) is 3.35. The monoisotopic (exact) mass is 341 g/mol. The highest BCUT2D eigenvalue weighted by molar-refractivity contribution is 5.93. The van der Waals surface area contributed by atoms with Crippen molar-refractivity contribution in [2.24, 2.45) is 0 Å². The van der Waals surface area contributed by atoms with E-state index in [0.717, 1.165) is 31.2 Å². The summed E-state index contributed by atoms with van der Waals surface area (Å²) >= 11 is 0. The van der Waals surface area contributed by atoms with Crippen LogP contribution < -0.4 is 5.32 Å². The van der Waals surface area contributed by atoms with Crippen molar-refractivity contribution >= 4 is 17.6 Å². The van der Waals surface area contributed by atoms with Crippen molar-refractivity contribution in [2.75, 3.05) is 11.9 Å². The molecule has 3 rings (SSSR count). The van der Waals surface area contributed by atoms with E-state index >= 15 is 0 Å². The molecule has 1 amide bonds. The number of esters is 1. The van der Waals surface area contributed by atoms with E-state index in [1.54, 1.807) is 0 Å².